The van der Waals surface area contributed by atoms with E-state index in [2.05, 4.69) is 60.8 Å². The fourth-order valence-electron chi connectivity index (χ4n) is 5.57. The van der Waals surface area contributed by atoms with E-state index in [1.807, 2.05) is 35.3 Å². The molecule has 0 bridgehead atoms. The van der Waals surface area contributed by atoms with Gasteiger partial charge in [-0.15, -0.1) is 10.2 Å². The van der Waals surface area contributed by atoms with Crippen molar-refractivity contribution in [3.05, 3.63) is 79.5 Å². The van der Waals surface area contributed by atoms with Crippen LogP contribution in [0.1, 0.15) is 32.0 Å². The number of benzene rings is 1. The minimum Gasteiger partial charge on any atom is -0.342 e. The van der Waals surface area contributed by atoms with Gasteiger partial charge in [-0.05, 0) is 37.0 Å². The number of imidazole rings is 1. The highest BCUT2D eigenvalue weighted by molar-refractivity contribution is 5.71. The van der Waals surface area contributed by atoms with Gasteiger partial charge in [0.2, 0.25) is 5.95 Å². The zero-order chi connectivity index (χ0) is 23.4. The third kappa shape index (κ3) is 2.87. The lowest BCUT2D eigenvalue weighted by atomic mass is 9.90. The Labute approximate surface area is 202 Å². The highest BCUT2D eigenvalue weighted by Gasteiger charge is 2.49. The smallest absolute Gasteiger partial charge is 0.237 e. The molecule has 1 atom stereocenters. The number of aromatic nitrogens is 8. The van der Waals surface area contributed by atoms with E-state index in [-0.39, 0.29) is 5.54 Å². The van der Waals surface area contributed by atoms with Gasteiger partial charge in [0.05, 0.1) is 6.20 Å². The van der Waals surface area contributed by atoms with Crippen molar-refractivity contribution in [2.24, 2.45) is 0 Å². The van der Waals surface area contributed by atoms with Crippen LogP contribution in [0, 0.1) is 0 Å². The number of pyridine rings is 1. The summed E-state index contributed by atoms with van der Waals surface area (Å²) in [6, 6.07) is 12.3. The maximum Gasteiger partial charge on any atom is 0.237 e. The first-order valence-corrected chi connectivity index (χ1v) is 11.9. The topological polar surface area (TPSA) is 90.4 Å². The van der Waals surface area contributed by atoms with Gasteiger partial charge in [0.15, 0.2) is 11.6 Å². The molecule has 0 radical (unpaired) electrons. The van der Waals surface area contributed by atoms with Gasteiger partial charge in [-0.1, -0.05) is 31.2 Å². The highest BCUT2D eigenvalue weighted by Crippen LogP contribution is 2.48. The number of fused-ring (bicyclic) bond motifs is 6. The molecule has 9 nitrogen and oxygen atoms in total. The first-order chi connectivity index (χ1) is 17.3. The van der Waals surface area contributed by atoms with Gasteiger partial charge in [-0.2, -0.15) is 4.98 Å². The highest BCUT2D eigenvalue weighted by atomic mass is 15.4. The van der Waals surface area contributed by atoms with E-state index >= 15 is 0 Å². The van der Waals surface area contributed by atoms with Crippen molar-refractivity contribution in [1.29, 1.82) is 0 Å². The molecule has 2 aliphatic rings. The Bertz CT molecular complexity index is 1540. The molecule has 2 aliphatic heterocycles. The zero-order valence-electron chi connectivity index (χ0n) is 19.3. The molecule has 0 spiro atoms. The SMILES string of the molecule is CC[C@@]12CCCN1c1nc(-n3ccnc3-c3cccc(-c4cccnc4)c3)ncc1-n1cnnc12. The standard InChI is InChI=1S/C26H23N9/c1-2-26-9-5-12-35(26)23-21(34-17-30-32-24(26)34)16-29-25(31-23)33-13-11-28-22(33)19-7-3-6-18(14-19)20-8-4-10-27-15-20/h3-4,6-8,10-11,13-17H,2,5,9,12H2,1H3/t26-/m0/s1. The summed E-state index contributed by atoms with van der Waals surface area (Å²) < 4.78 is 4.00. The van der Waals surface area contributed by atoms with Crippen LogP contribution in [-0.2, 0) is 5.54 Å². The largest absolute Gasteiger partial charge is 0.342 e. The Hall–Kier alpha value is -4.40. The molecule has 9 heteroatoms. The van der Waals surface area contributed by atoms with Crippen molar-refractivity contribution in [2.75, 3.05) is 11.4 Å². The molecule has 7 rings (SSSR count). The van der Waals surface area contributed by atoms with Gasteiger partial charge in [0.1, 0.15) is 23.4 Å². The maximum absolute atomic E-state index is 5.09. The van der Waals surface area contributed by atoms with E-state index in [1.54, 1.807) is 18.7 Å². The average molecular weight is 462 g/mol. The average Bonchev–Trinajstić information content (AvgIpc) is 3.69. The molecular formula is C26H23N9. The molecule has 1 aromatic carbocycles. The van der Waals surface area contributed by atoms with Crippen LogP contribution >= 0.6 is 0 Å². The number of anilines is 1. The molecule has 0 saturated carbocycles. The van der Waals surface area contributed by atoms with Crippen LogP contribution in [0.4, 0.5) is 5.82 Å². The van der Waals surface area contributed by atoms with E-state index in [0.717, 1.165) is 65.7 Å². The Morgan fingerprint density at radius 3 is 2.77 bits per heavy atom. The summed E-state index contributed by atoms with van der Waals surface area (Å²) in [7, 11) is 0. The summed E-state index contributed by atoms with van der Waals surface area (Å²) in [4.78, 5) is 21.1. The second-order valence-corrected chi connectivity index (χ2v) is 8.99. The molecular weight excluding hydrogens is 438 g/mol. The van der Waals surface area contributed by atoms with Crippen molar-refractivity contribution < 1.29 is 0 Å². The van der Waals surface area contributed by atoms with E-state index in [9.17, 15) is 0 Å². The third-order valence-electron chi connectivity index (χ3n) is 7.26. The van der Waals surface area contributed by atoms with Crippen LogP contribution in [0.5, 0.6) is 0 Å². The second kappa shape index (κ2) is 7.56. The van der Waals surface area contributed by atoms with Crippen LogP contribution in [0.25, 0.3) is 34.2 Å². The van der Waals surface area contributed by atoms with Crippen molar-refractivity contribution in [3.63, 3.8) is 0 Å². The lowest BCUT2D eigenvalue weighted by Gasteiger charge is -2.42. The molecule has 0 unspecified atom stereocenters. The van der Waals surface area contributed by atoms with Crippen LogP contribution < -0.4 is 4.90 Å². The Kier molecular flexibility index (Phi) is 4.32. The van der Waals surface area contributed by atoms with Gasteiger partial charge in [0, 0.05) is 42.5 Å². The summed E-state index contributed by atoms with van der Waals surface area (Å²) in [5, 5.41) is 8.72. The Morgan fingerprint density at radius 1 is 0.971 bits per heavy atom. The van der Waals surface area contributed by atoms with Crippen molar-refractivity contribution >= 4 is 5.82 Å². The van der Waals surface area contributed by atoms with Crippen LogP contribution in [0.15, 0.2) is 73.7 Å². The third-order valence-corrected chi connectivity index (χ3v) is 7.26. The normalized spacial score (nSPS) is 18.3. The van der Waals surface area contributed by atoms with E-state index in [0.29, 0.717) is 5.95 Å². The first-order valence-electron chi connectivity index (χ1n) is 11.9. The number of hydrogen-bond donors (Lipinski definition) is 0. The molecule has 0 N–H and O–H groups in total. The lowest BCUT2D eigenvalue weighted by molar-refractivity contribution is 0.382. The zero-order valence-corrected chi connectivity index (χ0v) is 19.3. The number of hydrogen-bond acceptors (Lipinski definition) is 7. The monoisotopic (exact) mass is 461 g/mol. The predicted octanol–water partition coefficient (Wildman–Crippen LogP) is 4.19. The molecule has 4 aromatic heterocycles. The molecule has 6 heterocycles. The van der Waals surface area contributed by atoms with E-state index in [4.69, 9.17) is 9.97 Å². The summed E-state index contributed by atoms with van der Waals surface area (Å²) >= 11 is 0. The summed E-state index contributed by atoms with van der Waals surface area (Å²) in [6.07, 6.45) is 14.1. The summed E-state index contributed by atoms with van der Waals surface area (Å²) in [5.74, 6) is 3.29. The molecule has 1 fully saturated rings. The quantitative estimate of drug-likeness (QED) is 0.396. The maximum atomic E-state index is 5.09. The Morgan fingerprint density at radius 2 is 1.89 bits per heavy atom. The van der Waals surface area contributed by atoms with Gasteiger partial charge >= 0.3 is 0 Å². The molecule has 0 amide bonds. The van der Waals surface area contributed by atoms with Crippen molar-refractivity contribution in [2.45, 2.75) is 31.7 Å². The van der Waals surface area contributed by atoms with Gasteiger partial charge < -0.3 is 4.90 Å². The second-order valence-electron chi connectivity index (χ2n) is 8.99. The van der Waals surface area contributed by atoms with Crippen LogP contribution in [0.2, 0.25) is 0 Å². The fraction of sp³-hybridized carbons (Fsp3) is 0.231. The molecule has 172 valence electrons. The van der Waals surface area contributed by atoms with Crippen LogP contribution in [0.3, 0.4) is 0 Å². The summed E-state index contributed by atoms with van der Waals surface area (Å²) in [6.45, 7) is 3.15. The molecule has 35 heavy (non-hydrogen) atoms. The number of nitrogens with zero attached hydrogens (tertiary/aromatic N) is 9. The lowest BCUT2D eigenvalue weighted by Crippen LogP contribution is -2.46. The van der Waals surface area contributed by atoms with E-state index in [1.165, 1.54) is 0 Å². The predicted molar refractivity (Wildman–Crippen MR) is 131 cm³/mol. The Balaban J connectivity index is 1.34. The van der Waals surface area contributed by atoms with E-state index < -0.39 is 0 Å². The van der Waals surface area contributed by atoms with Gasteiger partial charge in [0.25, 0.3) is 0 Å². The van der Waals surface area contributed by atoms with Crippen LogP contribution in [-0.4, -0.2) is 45.8 Å². The molecule has 1 saturated heterocycles. The minimum absolute atomic E-state index is 0.176. The minimum atomic E-state index is -0.176. The summed E-state index contributed by atoms with van der Waals surface area (Å²) in [5.41, 5.74) is 3.88. The van der Waals surface area contributed by atoms with Gasteiger partial charge in [-0.25, -0.2) is 9.97 Å². The first kappa shape index (κ1) is 20.0. The van der Waals surface area contributed by atoms with Crippen molar-refractivity contribution in [3.8, 4) is 34.2 Å². The fourth-order valence-corrected chi connectivity index (χ4v) is 5.57. The molecule has 5 aromatic rings. The molecule has 0 aliphatic carbocycles. The number of rotatable bonds is 4. The van der Waals surface area contributed by atoms with Crippen molar-refractivity contribution in [1.82, 2.24) is 39.3 Å². The van der Waals surface area contributed by atoms with Gasteiger partial charge in [-0.3, -0.25) is 14.1 Å².